The average molecular weight is 344 g/mol. The fourth-order valence-corrected chi connectivity index (χ4v) is 2.30. The van der Waals surface area contributed by atoms with E-state index >= 15 is 0 Å². The molecule has 0 saturated carbocycles. The van der Waals surface area contributed by atoms with Crippen molar-refractivity contribution in [1.29, 1.82) is 0 Å². The van der Waals surface area contributed by atoms with Crippen molar-refractivity contribution in [2.75, 3.05) is 13.2 Å². The molecule has 1 aromatic carbocycles. The molecule has 0 spiro atoms. The molecule has 114 valence electrons. The van der Waals surface area contributed by atoms with Crippen LogP contribution in [0.25, 0.3) is 0 Å². The first kappa shape index (κ1) is 17.5. The van der Waals surface area contributed by atoms with Crippen molar-refractivity contribution in [2.24, 2.45) is 0 Å². The highest BCUT2D eigenvalue weighted by Gasteiger charge is 2.23. The van der Waals surface area contributed by atoms with Crippen LogP contribution in [0.1, 0.15) is 45.6 Å². The van der Waals surface area contributed by atoms with Crippen LogP contribution >= 0.6 is 15.9 Å². The Morgan fingerprint density at radius 1 is 1.25 bits per heavy atom. The van der Waals surface area contributed by atoms with Gasteiger partial charge in [-0.05, 0) is 44.0 Å². The predicted octanol–water partition coefficient (Wildman–Crippen LogP) is 3.88. The average Bonchev–Trinajstić information content (AvgIpc) is 2.46. The van der Waals surface area contributed by atoms with Crippen molar-refractivity contribution in [1.82, 2.24) is 5.32 Å². The molecule has 0 aliphatic rings. The van der Waals surface area contributed by atoms with Crippen LogP contribution in [0.5, 0.6) is 5.75 Å². The highest BCUT2D eigenvalue weighted by atomic mass is 79.9. The van der Waals surface area contributed by atoms with Gasteiger partial charge in [0, 0.05) is 16.6 Å². The van der Waals surface area contributed by atoms with Crippen molar-refractivity contribution in [3.63, 3.8) is 0 Å². The highest BCUT2D eigenvalue weighted by molar-refractivity contribution is 9.10. The van der Waals surface area contributed by atoms with Gasteiger partial charge in [0.25, 0.3) is 0 Å². The molecule has 0 bridgehead atoms. The maximum atomic E-state index is 10.3. The molecule has 0 atom stereocenters. The van der Waals surface area contributed by atoms with Crippen LogP contribution in [-0.2, 0) is 6.54 Å². The Kier molecular flexibility index (Phi) is 7.56. The van der Waals surface area contributed by atoms with Crippen LogP contribution in [0.2, 0.25) is 0 Å². The Morgan fingerprint density at radius 2 is 1.95 bits per heavy atom. The molecule has 2 N–H and O–H groups in total. The van der Waals surface area contributed by atoms with Crippen molar-refractivity contribution < 1.29 is 9.84 Å². The van der Waals surface area contributed by atoms with E-state index in [1.54, 1.807) is 0 Å². The van der Waals surface area contributed by atoms with Crippen molar-refractivity contribution in [3.8, 4) is 5.75 Å². The summed E-state index contributed by atoms with van der Waals surface area (Å²) in [5.74, 6) is 0.845. The third-order valence-corrected chi connectivity index (χ3v) is 4.07. The van der Waals surface area contributed by atoms with E-state index < -0.39 is 5.60 Å². The third-order valence-electron chi connectivity index (χ3n) is 3.58. The smallest absolute Gasteiger partial charge is 0.124 e. The number of halogens is 1. The number of ether oxygens (including phenoxy) is 1. The van der Waals surface area contributed by atoms with Crippen LogP contribution in [0.3, 0.4) is 0 Å². The van der Waals surface area contributed by atoms with E-state index in [1.807, 2.05) is 26.0 Å². The lowest BCUT2D eigenvalue weighted by molar-refractivity contribution is -0.0116. The molecule has 0 radical (unpaired) electrons. The lowest BCUT2D eigenvalue weighted by atomic mass is 9.99. The monoisotopic (exact) mass is 343 g/mol. The van der Waals surface area contributed by atoms with Gasteiger partial charge in [0.05, 0.1) is 5.60 Å². The third kappa shape index (κ3) is 5.43. The van der Waals surface area contributed by atoms with Crippen LogP contribution in [-0.4, -0.2) is 23.9 Å². The zero-order chi connectivity index (χ0) is 15.0. The van der Waals surface area contributed by atoms with Crippen LogP contribution in [0.15, 0.2) is 22.7 Å². The van der Waals surface area contributed by atoms with E-state index in [4.69, 9.17) is 4.74 Å². The van der Waals surface area contributed by atoms with E-state index in [9.17, 15) is 5.11 Å². The molecule has 0 aliphatic carbocycles. The zero-order valence-corrected chi connectivity index (χ0v) is 14.3. The summed E-state index contributed by atoms with van der Waals surface area (Å²) in [7, 11) is 0. The first-order chi connectivity index (χ1) is 9.54. The first-order valence-corrected chi connectivity index (χ1v) is 8.18. The second kappa shape index (κ2) is 8.65. The molecule has 1 aromatic rings. The summed E-state index contributed by atoms with van der Waals surface area (Å²) < 4.78 is 6.90. The van der Waals surface area contributed by atoms with Gasteiger partial charge in [-0.15, -0.1) is 0 Å². The Bertz CT molecular complexity index is 405. The fourth-order valence-electron chi connectivity index (χ4n) is 1.89. The van der Waals surface area contributed by atoms with Gasteiger partial charge >= 0.3 is 0 Å². The van der Waals surface area contributed by atoms with E-state index in [0.29, 0.717) is 19.4 Å². The number of rotatable bonds is 9. The summed E-state index contributed by atoms with van der Waals surface area (Å²) in [5.41, 5.74) is 0.378. The number of hydrogen-bond donors (Lipinski definition) is 2. The minimum Gasteiger partial charge on any atom is -0.490 e. The van der Waals surface area contributed by atoms with Gasteiger partial charge < -0.3 is 15.2 Å². The van der Waals surface area contributed by atoms with Gasteiger partial charge in [0.1, 0.15) is 12.4 Å². The predicted molar refractivity (Wildman–Crippen MR) is 87.2 cm³/mol. The van der Waals surface area contributed by atoms with Crippen molar-refractivity contribution >= 4 is 15.9 Å². The molecule has 0 aromatic heterocycles. The fraction of sp³-hybridized carbons (Fsp3) is 0.625. The normalized spacial score (nSPS) is 11.7. The molecule has 0 heterocycles. The molecule has 0 amide bonds. The number of nitrogens with one attached hydrogen (secondary N) is 1. The summed E-state index contributed by atoms with van der Waals surface area (Å²) >= 11 is 3.49. The van der Waals surface area contributed by atoms with Gasteiger partial charge in [0.2, 0.25) is 0 Å². The summed E-state index contributed by atoms with van der Waals surface area (Å²) in [6.07, 6.45) is 2.50. The Balaban J connectivity index is 2.73. The Morgan fingerprint density at radius 3 is 2.55 bits per heavy atom. The van der Waals surface area contributed by atoms with Crippen molar-refractivity contribution in [3.05, 3.63) is 28.2 Å². The topological polar surface area (TPSA) is 41.5 Å². The van der Waals surface area contributed by atoms with Crippen molar-refractivity contribution in [2.45, 2.75) is 52.2 Å². The quantitative estimate of drug-likeness (QED) is 0.668. The minimum absolute atomic E-state index is 0.336. The lowest BCUT2D eigenvalue weighted by Gasteiger charge is -2.26. The SMILES string of the molecule is CCCNCc1cc(Br)ccc1OCC(O)(CC)CC. The maximum Gasteiger partial charge on any atom is 0.124 e. The highest BCUT2D eigenvalue weighted by Crippen LogP contribution is 2.25. The van der Waals surface area contributed by atoms with Gasteiger partial charge in [-0.2, -0.15) is 0 Å². The van der Waals surface area contributed by atoms with Gasteiger partial charge in [-0.25, -0.2) is 0 Å². The minimum atomic E-state index is -0.735. The Hall–Kier alpha value is -0.580. The van der Waals surface area contributed by atoms with E-state index in [-0.39, 0.29) is 0 Å². The summed E-state index contributed by atoms with van der Waals surface area (Å²) in [5, 5.41) is 13.7. The van der Waals surface area contributed by atoms with Gasteiger partial charge in [0.15, 0.2) is 0 Å². The number of benzene rings is 1. The standard InChI is InChI=1S/C16H26BrNO2/c1-4-9-18-11-13-10-14(17)7-8-15(13)20-12-16(19,5-2)6-3/h7-8,10,18-19H,4-6,9,11-12H2,1-3H3. The molecule has 4 heteroatoms. The van der Waals surface area contributed by atoms with E-state index in [0.717, 1.165) is 35.3 Å². The van der Waals surface area contributed by atoms with E-state index in [1.165, 1.54) is 0 Å². The van der Waals surface area contributed by atoms with Crippen LogP contribution < -0.4 is 10.1 Å². The molecule has 0 fully saturated rings. The van der Waals surface area contributed by atoms with Crippen LogP contribution in [0.4, 0.5) is 0 Å². The molecular weight excluding hydrogens is 318 g/mol. The molecule has 3 nitrogen and oxygen atoms in total. The summed E-state index contributed by atoms with van der Waals surface area (Å²) in [6, 6.07) is 5.99. The second-order valence-corrected chi connectivity index (χ2v) is 6.06. The van der Waals surface area contributed by atoms with Crippen LogP contribution in [0, 0.1) is 0 Å². The number of aliphatic hydroxyl groups is 1. The number of hydrogen-bond acceptors (Lipinski definition) is 3. The van der Waals surface area contributed by atoms with E-state index in [2.05, 4.69) is 34.2 Å². The molecular formula is C16H26BrNO2. The second-order valence-electron chi connectivity index (χ2n) is 5.15. The molecule has 1 rings (SSSR count). The maximum absolute atomic E-state index is 10.3. The molecule has 0 saturated heterocycles. The molecule has 0 aliphatic heterocycles. The zero-order valence-electron chi connectivity index (χ0n) is 12.7. The summed E-state index contributed by atoms with van der Waals surface area (Å²) in [4.78, 5) is 0. The Labute approximate surface area is 130 Å². The molecule has 0 unspecified atom stereocenters. The lowest BCUT2D eigenvalue weighted by Crippen LogP contribution is -2.34. The van der Waals surface area contributed by atoms with Gasteiger partial charge in [-0.3, -0.25) is 0 Å². The van der Waals surface area contributed by atoms with Gasteiger partial charge in [-0.1, -0.05) is 36.7 Å². The first-order valence-electron chi connectivity index (χ1n) is 7.39. The largest absolute Gasteiger partial charge is 0.490 e. The summed E-state index contributed by atoms with van der Waals surface area (Å²) in [6.45, 7) is 8.21. The molecule has 20 heavy (non-hydrogen) atoms.